The van der Waals surface area contributed by atoms with Crippen LogP contribution in [0.2, 0.25) is 0 Å². The normalized spacial score (nSPS) is 10.0. The molecule has 0 amide bonds. The Balaban J connectivity index is 2.05. The highest BCUT2D eigenvalue weighted by molar-refractivity contribution is 5.70. The summed E-state index contributed by atoms with van der Waals surface area (Å²) in [6, 6.07) is 7.23. The monoisotopic (exact) mass is 215 g/mol. The van der Waals surface area contributed by atoms with Gasteiger partial charge >= 0.3 is 0 Å². The van der Waals surface area contributed by atoms with Gasteiger partial charge in [0.2, 0.25) is 0 Å². The SMILES string of the molecule is Nc1ccc(NCc2ccncn2)c(N)c1. The first-order valence-electron chi connectivity index (χ1n) is 4.89. The van der Waals surface area contributed by atoms with Crippen molar-refractivity contribution in [3.05, 3.63) is 42.5 Å². The summed E-state index contributed by atoms with van der Waals surface area (Å²) in [6.07, 6.45) is 3.22. The number of anilines is 3. The van der Waals surface area contributed by atoms with Crippen LogP contribution in [0.1, 0.15) is 5.69 Å². The van der Waals surface area contributed by atoms with Crippen LogP contribution in [0.4, 0.5) is 17.1 Å². The molecular formula is C11H13N5. The molecule has 0 aliphatic heterocycles. The highest BCUT2D eigenvalue weighted by atomic mass is 14.9. The van der Waals surface area contributed by atoms with Gasteiger partial charge in [-0.2, -0.15) is 0 Å². The van der Waals surface area contributed by atoms with E-state index in [9.17, 15) is 0 Å². The largest absolute Gasteiger partial charge is 0.399 e. The van der Waals surface area contributed by atoms with Gasteiger partial charge in [-0.1, -0.05) is 0 Å². The summed E-state index contributed by atoms with van der Waals surface area (Å²) in [6.45, 7) is 0.608. The van der Waals surface area contributed by atoms with E-state index < -0.39 is 0 Å². The summed E-state index contributed by atoms with van der Waals surface area (Å²) < 4.78 is 0. The highest BCUT2D eigenvalue weighted by Gasteiger charge is 1.99. The first kappa shape index (κ1) is 10.2. The minimum atomic E-state index is 0.608. The van der Waals surface area contributed by atoms with Crippen LogP contribution in [-0.4, -0.2) is 9.97 Å². The van der Waals surface area contributed by atoms with Crippen molar-refractivity contribution >= 4 is 17.1 Å². The van der Waals surface area contributed by atoms with Crippen LogP contribution < -0.4 is 16.8 Å². The van der Waals surface area contributed by atoms with Crippen molar-refractivity contribution in [3.8, 4) is 0 Å². The number of nitrogens with zero attached hydrogens (tertiary/aromatic N) is 2. The molecule has 82 valence electrons. The van der Waals surface area contributed by atoms with E-state index >= 15 is 0 Å². The lowest BCUT2D eigenvalue weighted by Crippen LogP contribution is -2.04. The van der Waals surface area contributed by atoms with Crippen molar-refractivity contribution in [3.63, 3.8) is 0 Å². The number of nitrogen functional groups attached to an aromatic ring is 2. The van der Waals surface area contributed by atoms with Crippen LogP contribution in [0.15, 0.2) is 36.8 Å². The van der Waals surface area contributed by atoms with Crippen molar-refractivity contribution in [2.45, 2.75) is 6.54 Å². The third-order valence-corrected chi connectivity index (χ3v) is 2.18. The maximum Gasteiger partial charge on any atom is 0.115 e. The summed E-state index contributed by atoms with van der Waals surface area (Å²) in [7, 11) is 0. The fraction of sp³-hybridized carbons (Fsp3) is 0.0909. The predicted molar refractivity (Wildman–Crippen MR) is 64.6 cm³/mol. The van der Waals surface area contributed by atoms with E-state index in [1.54, 1.807) is 18.3 Å². The highest BCUT2D eigenvalue weighted by Crippen LogP contribution is 2.21. The Morgan fingerprint density at radius 2 is 2.06 bits per heavy atom. The first-order chi connectivity index (χ1) is 7.75. The van der Waals surface area contributed by atoms with Crippen LogP contribution >= 0.6 is 0 Å². The van der Waals surface area contributed by atoms with Gasteiger partial charge in [0.05, 0.1) is 23.6 Å². The predicted octanol–water partition coefficient (Wildman–Crippen LogP) is 1.25. The molecule has 0 unspecified atom stereocenters. The lowest BCUT2D eigenvalue weighted by atomic mass is 10.2. The molecule has 0 saturated carbocycles. The minimum absolute atomic E-state index is 0.608. The van der Waals surface area contributed by atoms with Crippen LogP contribution in [0.5, 0.6) is 0 Å². The molecule has 0 atom stereocenters. The Morgan fingerprint density at radius 3 is 2.75 bits per heavy atom. The molecule has 1 heterocycles. The third-order valence-electron chi connectivity index (χ3n) is 2.18. The molecule has 2 aromatic rings. The minimum Gasteiger partial charge on any atom is -0.399 e. The van der Waals surface area contributed by atoms with Crippen molar-refractivity contribution in [2.24, 2.45) is 0 Å². The Bertz CT molecular complexity index is 469. The van der Waals surface area contributed by atoms with E-state index in [4.69, 9.17) is 11.5 Å². The lowest BCUT2D eigenvalue weighted by molar-refractivity contribution is 1.01. The van der Waals surface area contributed by atoms with Gasteiger partial charge in [-0.15, -0.1) is 0 Å². The topological polar surface area (TPSA) is 89.8 Å². The van der Waals surface area contributed by atoms with Gasteiger partial charge in [0.25, 0.3) is 0 Å². The van der Waals surface area contributed by atoms with Crippen LogP contribution in [0.25, 0.3) is 0 Å². The molecule has 0 aliphatic carbocycles. The molecular weight excluding hydrogens is 202 g/mol. The summed E-state index contributed by atoms with van der Waals surface area (Å²) in [5, 5.41) is 3.19. The second-order valence-electron chi connectivity index (χ2n) is 3.40. The van der Waals surface area contributed by atoms with Crippen molar-refractivity contribution in [1.82, 2.24) is 9.97 Å². The standard InChI is InChI=1S/C11H13N5/c12-8-1-2-11(10(13)5-8)15-6-9-3-4-14-7-16-9/h1-5,7,15H,6,12-13H2. The van der Waals surface area contributed by atoms with Gasteiger partial charge in [0.1, 0.15) is 6.33 Å². The van der Waals surface area contributed by atoms with E-state index in [1.165, 1.54) is 6.33 Å². The maximum atomic E-state index is 5.81. The third kappa shape index (κ3) is 2.38. The molecule has 0 radical (unpaired) electrons. The van der Waals surface area contributed by atoms with Crippen molar-refractivity contribution in [1.29, 1.82) is 0 Å². The quantitative estimate of drug-likeness (QED) is 0.670. The molecule has 1 aromatic heterocycles. The fourth-order valence-electron chi connectivity index (χ4n) is 1.35. The van der Waals surface area contributed by atoms with Gasteiger partial charge in [-0.05, 0) is 24.3 Å². The molecule has 0 fully saturated rings. The van der Waals surface area contributed by atoms with Gasteiger partial charge in [-0.3, -0.25) is 0 Å². The summed E-state index contributed by atoms with van der Waals surface area (Å²) in [5.74, 6) is 0. The zero-order chi connectivity index (χ0) is 11.4. The number of hydrogen-bond donors (Lipinski definition) is 3. The summed E-state index contributed by atoms with van der Waals surface area (Å²) >= 11 is 0. The average molecular weight is 215 g/mol. The first-order valence-corrected chi connectivity index (χ1v) is 4.89. The number of aromatic nitrogens is 2. The van der Waals surface area contributed by atoms with Gasteiger partial charge in [0.15, 0.2) is 0 Å². The summed E-state index contributed by atoms with van der Waals surface area (Å²) in [4.78, 5) is 7.95. The number of hydrogen-bond acceptors (Lipinski definition) is 5. The molecule has 5 N–H and O–H groups in total. The number of benzene rings is 1. The maximum absolute atomic E-state index is 5.81. The summed E-state index contributed by atoms with van der Waals surface area (Å²) in [5.41, 5.74) is 14.5. The second-order valence-corrected chi connectivity index (χ2v) is 3.40. The van der Waals surface area contributed by atoms with E-state index in [2.05, 4.69) is 15.3 Å². The van der Waals surface area contributed by atoms with Crippen LogP contribution in [-0.2, 0) is 6.54 Å². The molecule has 0 spiro atoms. The van der Waals surface area contributed by atoms with E-state index in [0.717, 1.165) is 11.4 Å². The average Bonchev–Trinajstić information content (AvgIpc) is 2.29. The Labute approximate surface area is 93.5 Å². The number of nitrogens with two attached hydrogens (primary N) is 2. The Kier molecular flexibility index (Phi) is 2.86. The number of rotatable bonds is 3. The van der Waals surface area contributed by atoms with Gasteiger partial charge in [0, 0.05) is 11.9 Å². The second kappa shape index (κ2) is 4.48. The Hall–Kier alpha value is -2.30. The zero-order valence-electron chi connectivity index (χ0n) is 8.72. The van der Waals surface area contributed by atoms with Gasteiger partial charge < -0.3 is 16.8 Å². The molecule has 5 heteroatoms. The van der Waals surface area contributed by atoms with E-state index in [0.29, 0.717) is 17.9 Å². The molecule has 0 saturated heterocycles. The zero-order valence-corrected chi connectivity index (χ0v) is 8.72. The molecule has 0 bridgehead atoms. The van der Waals surface area contributed by atoms with Crippen molar-refractivity contribution in [2.75, 3.05) is 16.8 Å². The van der Waals surface area contributed by atoms with E-state index in [-0.39, 0.29) is 0 Å². The molecule has 2 rings (SSSR count). The molecule has 0 aliphatic rings. The number of nitrogens with one attached hydrogen (secondary N) is 1. The lowest BCUT2D eigenvalue weighted by Gasteiger charge is -2.09. The smallest absolute Gasteiger partial charge is 0.115 e. The van der Waals surface area contributed by atoms with Gasteiger partial charge in [-0.25, -0.2) is 9.97 Å². The molecule has 5 nitrogen and oxygen atoms in total. The van der Waals surface area contributed by atoms with Crippen molar-refractivity contribution < 1.29 is 0 Å². The van der Waals surface area contributed by atoms with Crippen LogP contribution in [0, 0.1) is 0 Å². The molecule has 16 heavy (non-hydrogen) atoms. The van der Waals surface area contributed by atoms with Crippen LogP contribution in [0.3, 0.4) is 0 Å². The molecule has 1 aromatic carbocycles. The van der Waals surface area contributed by atoms with E-state index in [1.807, 2.05) is 12.1 Å². The fourth-order valence-corrected chi connectivity index (χ4v) is 1.35. The Morgan fingerprint density at radius 1 is 1.19 bits per heavy atom.